The number of hydrogen-bond acceptors (Lipinski definition) is 6. The Morgan fingerprint density at radius 1 is 1.00 bits per heavy atom. The van der Waals surface area contributed by atoms with E-state index in [1.165, 1.54) is 5.56 Å². The summed E-state index contributed by atoms with van der Waals surface area (Å²) < 4.78 is 0. The number of hydrogen-bond donors (Lipinski definition) is 5. The maximum absolute atomic E-state index is 8.89. The van der Waals surface area contributed by atoms with Gasteiger partial charge in [0.2, 0.25) is 0 Å². The summed E-state index contributed by atoms with van der Waals surface area (Å²) in [5.41, 5.74) is 2.27. The first-order chi connectivity index (χ1) is 9.53. The summed E-state index contributed by atoms with van der Waals surface area (Å²) >= 11 is 0. The van der Waals surface area contributed by atoms with Crippen LogP contribution in [0.4, 0.5) is 0 Å². The van der Waals surface area contributed by atoms with E-state index in [1.807, 2.05) is 35.2 Å². The van der Waals surface area contributed by atoms with E-state index in [-0.39, 0.29) is 13.2 Å². The van der Waals surface area contributed by atoms with E-state index in [1.54, 1.807) is 0 Å². The van der Waals surface area contributed by atoms with Crippen molar-refractivity contribution < 1.29 is 25.3 Å². The molecule has 20 heavy (non-hydrogen) atoms. The molecule has 0 fully saturated rings. The van der Waals surface area contributed by atoms with E-state index < -0.39 is 7.32 Å². The van der Waals surface area contributed by atoms with Gasteiger partial charge in [0.15, 0.2) is 0 Å². The van der Waals surface area contributed by atoms with Gasteiger partial charge in [0.1, 0.15) is 0 Å². The largest absolute Gasteiger partial charge is 0.631 e. The van der Waals surface area contributed by atoms with Crippen molar-refractivity contribution in [2.24, 2.45) is 0 Å². The fourth-order valence-corrected chi connectivity index (χ4v) is 1.57. The molecule has 112 valence electrons. The Kier molecular flexibility index (Phi) is 10.9. The second-order valence-corrected chi connectivity index (χ2v) is 4.02. The fraction of sp³-hybridized carbons (Fsp3) is 0.385. The molecule has 0 radical (unpaired) electrons. The molecule has 5 N–H and O–H groups in total. The molecule has 0 saturated carbocycles. The number of aliphatic hydroxyl groups excluding tert-OH is 2. The van der Waals surface area contributed by atoms with Crippen molar-refractivity contribution in [1.82, 2.24) is 4.90 Å². The van der Waals surface area contributed by atoms with Crippen LogP contribution >= 0.6 is 0 Å². The fourth-order valence-electron chi connectivity index (χ4n) is 1.57. The Hall–Kier alpha value is -1.22. The molecule has 6 nitrogen and oxygen atoms in total. The summed E-state index contributed by atoms with van der Waals surface area (Å²) in [4.78, 5) is 2.02. The molecular formula is C13H22BNO5. The highest BCUT2D eigenvalue weighted by molar-refractivity contribution is 6.30. The van der Waals surface area contributed by atoms with Gasteiger partial charge in [-0.2, -0.15) is 0 Å². The first-order valence-corrected chi connectivity index (χ1v) is 6.23. The third kappa shape index (κ3) is 9.68. The minimum atomic E-state index is -2.17. The lowest BCUT2D eigenvalue weighted by Crippen LogP contribution is -2.29. The van der Waals surface area contributed by atoms with Crippen molar-refractivity contribution in [2.75, 3.05) is 26.3 Å². The molecule has 1 rings (SSSR count). The second kappa shape index (κ2) is 11.6. The molecule has 1 aromatic rings. The number of nitrogens with zero attached hydrogens (tertiary/aromatic N) is 1. The molecule has 0 aliphatic carbocycles. The molecule has 0 aliphatic rings. The van der Waals surface area contributed by atoms with Crippen molar-refractivity contribution in [2.45, 2.75) is 6.54 Å². The second-order valence-electron chi connectivity index (χ2n) is 4.02. The molecule has 0 heterocycles. The van der Waals surface area contributed by atoms with Crippen LogP contribution in [0.2, 0.25) is 0 Å². The Labute approximate surface area is 119 Å². The van der Waals surface area contributed by atoms with Crippen molar-refractivity contribution in [3.05, 3.63) is 42.0 Å². The predicted molar refractivity (Wildman–Crippen MR) is 78.4 cm³/mol. The van der Waals surface area contributed by atoms with Gasteiger partial charge in [0.25, 0.3) is 0 Å². The van der Waals surface area contributed by atoms with Gasteiger partial charge >= 0.3 is 7.32 Å². The molecule has 0 spiro atoms. The van der Waals surface area contributed by atoms with E-state index in [0.29, 0.717) is 13.1 Å². The van der Waals surface area contributed by atoms with E-state index in [2.05, 4.69) is 6.58 Å². The van der Waals surface area contributed by atoms with E-state index in [9.17, 15) is 0 Å². The highest BCUT2D eigenvalue weighted by atomic mass is 16.5. The van der Waals surface area contributed by atoms with Gasteiger partial charge < -0.3 is 25.3 Å². The number of benzene rings is 1. The van der Waals surface area contributed by atoms with Gasteiger partial charge in [-0.05, 0) is 11.1 Å². The molecule has 0 bridgehead atoms. The molecule has 7 heteroatoms. The van der Waals surface area contributed by atoms with Gasteiger partial charge in [-0.3, -0.25) is 4.90 Å². The monoisotopic (exact) mass is 283 g/mol. The summed E-state index contributed by atoms with van der Waals surface area (Å²) in [7, 11) is -2.17. The first kappa shape index (κ1) is 18.8. The molecule has 0 amide bonds. The Balaban J connectivity index is 0.000000796. The lowest BCUT2D eigenvalue weighted by atomic mass is 10.1. The Morgan fingerprint density at radius 2 is 1.45 bits per heavy atom. The van der Waals surface area contributed by atoms with Crippen LogP contribution in [0.3, 0.4) is 0 Å². The maximum Gasteiger partial charge on any atom is 0.631 e. The van der Waals surface area contributed by atoms with Crippen LogP contribution in [0, 0.1) is 0 Å². The summed E-state index contributed by atoms with van der Waals surface area (Å²) in [6, 6.07) is 8.11. The molecule has 0 atom stereocenters. The van der Waals surface area contributed by atoms with E-state index >= 15 is 0 Å². The van der Waals surface area contributed by atoms with Gasteiger partial charge in [-0.1, -0.05) is 36.9 Å². The molecule has 0 saturated heterocycles. The summed E-state index contributed by atoms with van der Waals surface area (Å²) in [5, 5.41) is 39.3. The van der Waals surface area contributed by atoms with Crippen LogP contribution in [0.1, 0.15) is 11.1 Å². The number of rotatable bonds is 7. The molecule has 0 unspecified atom stereocenters. The Bertz CT molecular complexity index is 350. The standard InChI is InChI=1S/C13H19NO2.BH3O3/c1-2-12-3-5-13(6-4-12)11-14(7-9-15)8-10-16;2-1(3)4/h2-6,15-16H,1,7-11H2;2-4H. The number of aliphatic hydroxyl groups is 2. The maximum atomic E-state index is 8.89. The van der Waals surface area contributed by atoms with Gasteiger partial charge in [0.05, 0.1) is 13.2 Å². The lowest BCUT2D eigenvalue weighted by molar-refractivity contribution is 0.156. The van der Waals surface area contributed by atoms with Crippen molar-refractivity contribution >= 4 is 13.4 Å². The highest BCUT2D eigenvalue weighted by Crippen LogP contribution is 2.08. The minimum Gasteiger partial charge on any atom is -0.402 e. The zero-order valence-electron chi connectivity index (χ0n) is 11.4. The average Bonchev–Trinajstić information content (AvgIpc) is 2.39. The molecular weight excluding hydrogens is 261 g/mol. The zero-order chi connectivity index (χ0) is 15.4. The highest BCUT2D eigenvalue weighted by Gasteiger charge is 2.04. The molecule has 0 aromatic heterocycles. The van der Waals surface area contributed by atoms with E-state index in [0.717, 1.165) is 12.1 Å². The van der Waals surface area contributed by atoms with Crippen LogP contribution in [0.5, 0.6) is 0 Å². The van der Waals surface area contributed by atoms with Crippen molar-refractivity contribution in [3.63, 3.8) is 0 Å². The first-order valence-electron chi connectivity index (χ1n) is 6.23. The van der Waals surface area contributed by atoms with E-state index in [4.69, 9.17) is 25.3 Å². The molecule has 0 aliphatic heterocycles. The summed E-state index contributed by atoms with van der Waals surface area (Å²) in [5.74, 6) is 0. The SMILES string of the molecule is C=Cc1ccc(CN(CCO)CCO)cc1.OB(O)O. The summed E-state index contributed by atoms with van der Waals surface area (Å²) in [6.45, 7) is 5.86. The summed E-state index contributed by atoms with van der Waals surface area (Å²) in [6.07, 6.45) is 1.81. The van der Waals surface area contributed by atoms with Gasteiger partial charge in [-0.25, -0.2) is 0 Å². The van der Waals surface area contributed by atoms with Crippen LogP contribution < -0.4 is 0 Å². The lowest BCUT2D eigenvalue weighted by Gasteiger charge is -2.20. The van der Waals surface area contributed by atoms with Gasteiger partial charge in [-0.15, -0.1) is 0 Å². The third-order valence-corrected chi connectivity index (χ3v) is 2.45. The molecule has 1 aromatic carbocycles. The van der Waals surface area contributed by atoms with Crippen LogP contribution in [0.25, 0.3) is 6.08 Å². The quantitative estimate of drug-likeness (QED) is 0.414. The minimum absolute atomic E-state index is 0.116. The van der Waals surface area contributed by atoms with Crippen LogP contribution in [-0.4, -0.2) is 63.8 Å². The Morgan fingerprint density at radius 3 is 1.80 bits per heavy atom. The van der Waals surface area contributed by atoms with Crippen molar-refractivity contribution in [1.29, 1.82) is 0 Å². The third-order valence-electron chi connectivity index (χ3n) is 2.45. The zero-order valence-corrected chi connectivity index (χ0v) is 11.4. The van der Waals surface area contributed by atoms with Crippen molar-refractivity contribution in [3.8, 4) is 0 Å². The van der Waals surface area contributed by atoms with Crippen LogP contribution in [-0.2, 0) is 6.54 Å². The average molecular weight is 283 g/mol. The van der Waals surface area contributed by atoms with Crippen LogP contribution in [0.15, 0.2) is 30.8 Å². The smallest absolute Gasteiger partial charge is 0.402 e. The normalized spacial score (nSPS) is 9.90. The van der Waals surface area contributed by atoms with Gasteiger partial charge in [0, 0.05) is 19.6 Å². The topological polar surface area (TPSA) is 104 Å². The predicted octanol–water partition coefficient (Wildman–Crippen LogP) is -0.936.